The fourth-order valence-electron chi connectivity index (χ4n) is 3.73. The normalized spacial score (nSPS) is 25.4. The van der Waals surface area contributed by atoms with Gasteiger partial charge in [-0.05, 0) is 38.3 Å². The van der Waals surface area contributed by atoms with Crippen molar-refractivity contribution in [2.75, 3.05) is 6.54 Å². The number of hydrogen-bond donors (Lipinski definition) is 1. The minimum Gasteiger partial charge on any atom is -0.487 e. The molecule has 104 valence electrons. The molecule has 2 aliphatic rings. The molecule has 3 rings (SSSR count). The zero-order chi connectivity index (χ0) is 13.1. The lowest BCUT2D eigenvalue weighted by Gasteiger charge is -2.42. The van der Waals surface area contributed by atoms with Crippen molar-refractivity contribution in [1.29, 1.82) is 0 Å². The average Bonchev–Trinajstić information content (AvgIpc) is 2.65. The standard InChI is InChI=1S/C17H25NO/c1-2-18-15-13-17(11-7-3-4-8-12-17)19-16-10-6-5-9-14(15)16/h5-6,9-10,15,18H,2-4,7-8,11-13H2,1H3. The second kappa shape index (κ2) is 5.54. The molecule has 1 aliphatic carbocycles. The smallest absolute Gasteiger partial charge is 0.124 e. The van der Waals surface area contributed by atoms with Crippen LogP contribution in [0.25, 0.3) is 0 Å². The fraction of sp³-hybridized carbons (Fsp3) is 0.647. The number of benzene rings is 1. The highest BCUT2D eigenvalue weighted by atomic mass is 16.5. The van der Waals surface area contributed by atoms with Crippen LogP contribution >= 0.6 is 0 Å². The molecule has 1 atom stereocenters. The molecule has 1 unspecified atom stereocenters. The van der Waals surface area contributed by atoms with Crippen molar-refractivity contribution in [1.82, 2.24) is 5.32 Å². The molecule has 1 spiro atoms. The van der Waals surface area contributed by atoms with E-state index in [1.165, 1.54) is 44.1 Å². The molecule has 1 saturated carbocycles. The molecule has 1 aliphatic heterocycles. The van der Waals surface area contributed by atoms with E-state index in [1.807, 2.05) is 0 Å². The molecule has 19 heavy (non-hydrogen) atoms. The quantitative estimate of drug-likeness (QED) is 0.859. The summed E-state index contributed by atoms with van der Waals surface area (Å²) in [5.41, 5.74) is 1.44. The Morgan fingerprint density at radius 2 is 1.89 bits per heavy atom. The van der Waals surface area contributed by atoms with Crippen LogP contribution in [0.1, 0.15) is 63.5 Å². The first-order chi connectivity index (χ1) is 9.33. The van der Waals surface area contributed by atoms with Gasteiger partial charge < -0.3 is 10.1 Å². The summed E-state index contributed by atoms with van der Waals surface area (Å²) in [6.07, 6.45) is 8.98. The molecule has 1 fully saturated rings. The lowest BCUT2D eigenvalue weighted by atomic mass is 9.82. The zero-order valence-electron chi connectivity index (χ0n) is 12.0. The molecule has 1 aromatic rings. The third-order valence-corrected chi connectivity index (χ3v) is 4.66. The number of para-hydroxylation sites is 1. The minimum absolute atomic E-state index is 0.0949. The Morgan fingerprint density at radius 1 is 1.16 bits per heavy atom. The van der Waals surface area contributed by atoms with E-state index in [-0.39, 0.29) is 5.60 Å². The third-order valence-electron chi connectivity index (χ3n) is 4.66. The average molecular weight is 259 g/mol. The Labute approximate surface area is 116 Å². The topological polar surface area (TPSA) is 21.3 Å². The van der Waals surface area contributed by atoms with Crippen LogP contribution in [0.3, 0.4) is 0 Å². The summed E-state index contributed by atoms with van der Waals surface area (Å²) in [6.45, 7) is 3.22. The minimum atomic E-state index is 0.0949. The van der Waals surface area contributed by atoms with Crippen LogP contribution in [-0.4, -0.2) is 12.1 Å². The molecule has 0 aromatic heterocycles. The molecule has 1 N–H and O–H groups in total. The molecular formula is C17H25NO. The van der Waals surface area contributed by atoms with Gasteiger partial charge in [0, 0.05) is 18.0 Å². The van der Waals surface area contributed by atoms with Crippen LogP contribution < -0.4 is 10.1 Å². The van der Waals surface area contributed by atoms with Crippen molar-refractivity contribution in [3.63, 3.8) is 0 Å². The molecule has 1 aromatic carbocycles. The van der Waals surface area contributed by atoms with Gasteiger partial charge in [0.1, 0.15) is 11.4 Å². The van der Waals surface area contributed by atoms with Gasteiger partial charge in [-0.3, -0.25) is 0 Å². The van der Waals surface area contributed by atoms with E-state index in [4.69, 9.17) is 4.74 Å². The number of hydrogen-bond acceptors (Lipinski definition) is 2. The van der Waals surface area contributed by atoms with Crippen molar-refractivity contribution >= 4 is 0 Å². The van der Waals surface area contributed by atoms with Gasteiger partial charge >= 0.3 is 0 Å². The molecule has 0 radical (unpaired) electrons. The zero-order valence-corrected chi connectivity index (χ0v) is 12.0. The van der Waals surface area contributed by atoms with Gasteiger partial charge in [-0.25, -0.2) is 0 Å². The summed E-state index contributed by atoms with van der Waals surface area (Å²) in [7, 11) is 0. The predicted octanol–water partition coefficient (Wildman–Crippen LogP) is 4.21. The summed E-state index contributed by atoms with van der Waals surface area (Å²) in [4.78, 5) is 0. The van der Waals surface area contributed by atoms with E-state index in [0.717, 1.165) is 18.7 Å². The SMILES string of the molecule is CCNC1CC2(CCCCCC2)Oc2ccccc21. The molecule has 1 heterocycles. The second-order valence-corrected chi connectivity index (χ2v) is 6.05. The van der Waals surface area contributed by atoms with E-state index in [1.54, 1.807) is 0 Å². The van der Waals surface area contributed by atoms with Crippen LogP contribution in [0.15, 0.2) is 24.3 Å². The summed E-state index contributed by atoms with van der Waals surface area (Å²) >= 11 is 0. The molecule has 2 nitrogen and oxygen atoms in total. The fourth-order valence-corrected chi connectivity index (χ4v) is 3.73. The second-order valence-electron chi connectivity index (χ2n) is 6.05. The van der Waals surface area contributed by atoms with Gasteiger partial charge in [0.05, 0.1) is 0 Å². The number of fused-ring (bicyclic) bond motifs is 1. The Morgan fingerprint density at radius 3 is 2.63 bits per heavy atom. The van der Waals surface area contributed by atoms with Crippen molar-refractivity contribution in [2.24, 2.45) is 0 Å². The highest BCUT2D eigenvalue weighted by molar-refractivity contribution is 5.39. The lowest BCUT2D eigenvalue weighted by molar-refractivity contribution is 0.0164. The first-order valence-electron chi connectivity index (χ1n) is 7.84. The van der Waals surface area contributed by atoms with Crippen LogP contribution in [0.5, 0.6) is 5.75 Å². The maximum absolute atomic E-state index is 6.48. The predicted molar refractivity (Wildman–Crippen MR) is 78.5 cm³/mol. The van der Waals surface area contributed by atoms with Crippen LogP contribution in [0.4, 0.5) is 0 Å². The maximum Gasteiger partial charge on any atom is 0.124 e. The summed E-state index contributed by atoms with van der Waals surface area (Å²) in [5, 5.41) is 3.65. The van der Waals surface area contributed by atoms with E-state index >= 15 is 0 Å². The van der Waals surface area contributed by atoms with E-state index in [2.05, 4.69) is 36.5 Å². The summed E-state index contributed by atoms with van der Waals surface area (Å²) in [5.74, 6) is 1.11. The van der Waals surface area contributed by atoms with Gasteiger partial charge in [-0.15, -0.1) is 0 Å². The number of ether oxygens (including phenoxy) is 1. The van der Waals surface area contributed by atoms with Gasteiger partial charge in [0.15, 0.2) is 0 Å². The Bertz CT molecular complexity index is 421. The summed E-state index contributed by atoms with van der Waals surface area (Å²) in [6, 6.07) is 9.04. The van der Waals surface area contributed by atoms with Crippen LogP contribution in [-0.2, 0) is 0 Å². The Hall–Kier alpha value is -1.02. The van der Waals surface area contributed by atoms with Crippen molar-refractivity contribution in [3.05, 3.63) is 29.8 Å². The van der Waals surface area contributed by atoms with Crippen molar-refractivity contribution in [3.8, 4) is 5.75 Å². The van der Waals surface area contributed by atoms with Gasteiger partial charge in [-0.1, -0.05) is 38.0 Å². The largest absolute Gasteiger partial charge is 0.487 e. The maximum atomic E-state index is 6.48. The first-order valence-corrected chi connectivity index (χ1v) is 7.84. The first kappa shape index (κ1) is 13.0. The third kappa shape index (κ3) is 2.64. The Kier molecular flexibility index (Phi) is 3.79. The van der Waals surface area contributed by atoms with Gasteiger partial charge in [0.25, 0.3) is 0 Å². The number of rotatable bonds is 2. The van der Waals surface area contributed by atoms with Gasteiger partial charge in [0.2, 0.25) is 0 Å². The van der Waals surface area contributed by atoms with Crippen molar-refractivity contribution in [2.45, 2.75) is 63.5 Å². The summed E-state index contributed by atoms with van der Waals surface area (Å²) < 4.78 is 6.48. The van der Waals surface area contributed by atoms with Crippen LogP contribution in [0.2, 0.25) is 0 Å². The Balaban J connectivity index is 1.90. The van der Waals surface area contributed by atoms with Crippen LogP contribution in [0, 0.1) is 0 Å². The van der Waals surface area contributed by atoms with E-state index < -0.39 is 0 Å². The molecule has 0 saturated heterocycles. The lowest BCUT2D eigenvalue weighted by Crippen LogP contribution is -2.43. The highest BCUT2D eigenvalue weighted by Crippen LogP contribution is 2.45. The molecule has 2 heteroatoms. The van der Waals surface area contributed by atoms with Crippen molar-refractivity contribution < 1.29 is 4.74 Å². The molecular weight excluding hydrogens is 234 g/mol. The monoisotopic (exact) mass is 259 g/mol. The van der Waals surface area contributed by atoms with E-state index in [0.29, 0.717) is 6.04 Å². The van der Waals surface area contributed by atoms with Gasteiger partial charge in [-0.2, -0.15) is 0 Å². The molecule has 0 bridgehead atoms. The highest BCUT2D eigenvalue weighted by Gasteiger charge is 2.40. The number of nitrogens with one attached hydrogen (secondary N) is 1. The van der Waals surface area contributed by atoms with E-state index in [9.17, 15) is 0 Å². The molecule has 0 amide bonds.